The molecule has 4 aliphatic heterocycles. The van der Waals surface area contributed by atoms with Crippen molar-refractivity contribution in [2.45, 2.75) is 57.8 Å². The monoisotopic (exact) mass is 966 g/mol. The van der Waals surface area contributed by atoms with Gasteiger partial charge < -0.3 is 23.7 Å². The molecule has 362 valence electrons. The molecule has 0 radical (unpaired) electrons. The smallest absolute Gasteiger partial charge is 0.358 e. The lowest BCUT2D eigenvalue weighted by Gasteiger charge is -2.46. The van der Waals surface area contributed by atoms with Gasteiger partial charge in [-0.25, -0.2) is 14.4 Å². The predicted octanol–water partition coefficient (Wildman–Crippen LogP) is 8.89. The first-order valence-corrected chi connectivity index (χ1v) is 23.9. The van der Waals surface area contributed by atoms with E-state index in [4.69, 9.17) is 23.7 Å². The molecule has 0 aromatic heterocycles. The minimum Gasteiger partial charge on any atom is -0.497 e. The summed E-state index contributed by atoms with van der Waals surface area (Å²) in [6.07, 6.45) is 0.175. The minimum absolute atomic E-state index is 0.00494. The van der Waals surface area contributed by atoms with Crippen LogP contribution in [0.4, 0.5) is 9.59 Å². The first-order chi connectivity index (χ1) is 35.6. The van der Waals surface area contributed by atoms with Crippen molar-refractivity contribution >= 4 is 18.0 Å². The fraction of sp³-hybridized carbons (Fsp3) is 0.230. The molecule has 6 aromatic carbocycles. The molecule has 12 nitrogen and oxygen atoms in total. The first kappa shape index (κ1) is 47.4. The lowest BCUT2D eigenvalue weighted by atomic mass is 9.88. The third-order valence-corrected chi connectivity index (χ3v) is 14.1. The number of ether oxygens (including phenoxy) is 5. The van der Waals surface area contributed by atoms with Crippen LogP contribution in [-0.4, -0.2) is 84.0 Å². The Bertz CT molecular complexity index is 3240. The van der Waals surface area contributed by atoms with Gasteiger partial charge in [-0.05, 0) is 157 Å². The summed E-state index contributed by atoms with van der Waals surface area (Å²) in [5, 5.41) is 0. The molecule has 4 amide bonds. The van der Waals surface area contributed by atoms with Gasteiger partial charge >= 0.3 is 18.0 Å². The van der Waals surface area contributed by atoms with Crippen LogP contribution in [0.5, 0.6) is 23.0 Å². The number of nitrogens with zero attached hydrogens (tertiary/aromatic N) is 4. The zero-order chi connectivity index (χ0) is 50.9. The quantitative estimate of drug-likeness (QED) is 0.115. The Morgan fingerprint density at radius 3 is 0.945 bits per heavy atom. The van der Waals surface area contributed by atoms with Crippen molar-refractivity contribution in [1.82, 2.24) is 19.6 Å². The van der Waals surface area contributed by atoms with E-state index in [1.165, 1.54) is 0 Å². The van der Waals surface area contributed by atoms with Gasteiger partial charge in [0.2, 0.25) is 0 Å². The topological polar surface area (TPSA) is 110 Å². The normalized spacial score (nSPS) is 17.6. The summed E-state index contributed by atoms with van der Waals surface area (Å²) >= 11 is 0. The summed E-state index contributed by atoms with van der Waals surface area (Å²) in [4.78, 5) is 53.8. The van der Waals surface area contributed by atoms with Gasteiger partial charge in [0.15, 0.2) is 5.66 Å². The zero-order valence-corrected chi connectivity index (χ0v) is 41.3. The number of methoxy groups -OCH3 is 4. The Hall–Kier alpha value is -9.23. The van der Waals surface area contributed by atoms with E-state index in [-0.39, 0.29) is 39.2 Å². The SMILES string of the molecule is CCOC(=O)C12N3Cc4c(C#Cc5ccc(OC)cc5)ccc(C#Cc5ccc(OC)cc5)c4CN1C(=O)N1Cc4c(C#Cc5ccc(OC)cc5)ccc(C#Cc5ccc(OC)cc5)c4CN(C3=O)C12CC. The molecule has 0 aliphatic carbocycles. The number of hydrogen-bond donors (Lipinski definition) is 0. The summed E-state index contributed by atoms with van der Waals surface area (Å²) in [6, 6.07) is 36.5. The highest BCUT2D eigenvalue weighted by Crippen LogP contribution is 2.58. The van der Waals surface area contributed by atoms with Gasteiger partial charge in [0.05, 0.1) is 61.2 Å². The van der Waals surface area contributed by atoms with Crippen LogP contribution in [0.3, 0.4) is 0 Å². The van der Waals surface area contributed by atoms with Crippen LogP contribution >= 0.6 is 0 Å². The van der Waals surface area contributed by atoms with Crippen molar-refractivity contribution in [2.75, 3.05) is 35.0 Å². The molecular weight excluding hydrogens is 917 g/mol. The van der Waals surface area contributed by atoms with Crippen LogP contribution in [0.25, 0.3) is 0 Å². The molecule has 0 saturated carbocycles. The van der Waals surface area contributed by atoms with E-state index < -0.39 is 29.4 Å². The van der Waals surface area contributed by atoms with Gasteiger partial charge in [-0.15, -0.1) is 0 Å². The standard InChI is InChI=1S/C61H50N4O8/c1-7-60-61(57(66)73-8-2)64-39-55-47(23-11-43-17-33-51(71-5)34-18-43)27-28-48(24-12-44-19-35-52(72-6)36-20-44)56(55)40-65(61)59(68)63(60)38-54-46(22-10-42-15-31-50(70-4)32-16-42)26-25-45(53(54)37-62(60)58(64)67)21-9-41-13-29-49(69-3)30-14-41/h13-20,25-36H,7-8,37-40H2,1-6H3. The highest BCUT2D eigenvalue weighted by molar-refractivity contribution is 6.01. The maximum absolute atomic E-state index is 16.0. The molecule has 2 saturated heterocycles. The Kier molecular flexibility index (Phi) is 12.7. The second-order valence-corrected chi connectivity index (χ2v) is 17.6. The van der Waals surface area contributed by atoms with E-state index in [0.29, 0.717) is 56.4 Å². The van der Waals surface area contributed by atoms with E-state index in [9.17, 15) is 0 Å². The Balaban J connectivity index is 1.17. The fourth-order valence-electron chi connectivity index (χ4n) is 10.5. The predicted molar refractivity (Wildman–Crippen MR) is 274 cm³/mol. The lowest BCUT2D eigenvalue weighted by molar-refractivity contribution is -0.176. The van der Waals surface area contributed by atoms with Crippen molar-refractivity contribution in [3.63, 3.8) is 0 Å². The fourth-order valence-corrected chi connectivity index (χ4v) is 10.5. The summed E-state index contributed by atoms with van der Waals surface area (Å²) in [5.41, 5.74) is 4.78. The van der Waals surface area contributed by atoms with Crippen LogP contribution in [0, 0.1) is 47.4 Å². The van der Waals surface area contributed by atoms with E-state index in [1.807, 2.05) is 128 Å². The van der Waals surface area contributed by atoms with Gasteiger partial charge in [-0.1, -0.05) is 54.3 Å². The van der Waals surface area contributed by atoms with E-state index in [1.54, 1.807) is 55.0 Å². The molecule has 73 heavy (non-hydrogen) atoms. The van der Waals surface area contributed by atoms with Gasteiger partial charge in [0.25, 0.3) is 5.66 Å². The number of carbonyl (C=O) groups excluding carboxylic acids is 3. The van der Waals surface area contributed by atoms with Crippen LogP contribution in [0.15, 0.2) is 121 Å². The molecule has 4 aliphatic rings. The number of esters is 1. The van der Waals surface area contributed by atoms with E-state index in [2.05, 4.69) is 47.4 Å². The molecule has 10 rings (SSSR count). The molecule has 0 N–H and O–H groups in total. The van der Waals surface area contributed by atoms with Crippen molar-refractivity contribution < 1.29 is 38.1 Å². The molecule has 0 unspecified atom stereocenters. The van der Waals surface area contributed by atoms with Gasteiger partial charge in [-0.2, -0.15) is 0 Å². The third-order valence-electron chi connectivity index (χ3n) is 14.1. The van der Waals surface area contributed by atoms with Crippen LogP contribution < -0.4 is 18.9 Å². The third kappa shape index (κ3) is 8.04. The van der Waals surface area contributed by atoms with Crippen molar-refractivity contribution in [3.05, 3.63) is 188 Å². The molecule has 12 heteroatoms. The number of benzene rings is 6. The molecular formula is C61H50N4O8. The number of carbonyl (C=O) groups is 3. The van der Waals surface area contributed by atoms with Gasteiger partial charge in [0, 0.05) is 44.5 Å². The van der Waals surface area contributed by atoms with E-state index in [0.717, 1.165) is 33.4 Å². The summed E-state index contributed by atoms with van der Waals surface area (Å²) in [6.45, 7) is 3.48. The summed E-state index contributed by atoms with van der Waals surface area (Å²) in [7, 11) is 6.44. The number of fused-ring (bicyclic) bond motifs is 2. The minimum atomic E-state index is -1.96. The number of hydrogen-bond acceptors (Lipinski definition) is 8. The number of urea groups is 2. The average molecular weight is 967 g/mol. The molecule has 4 heterocycles. The highest BCUT2D eigenvalue weighted by Gasteiger charge is 2.83. The Morgan fingerprint density at radius 1 is 0.425 bits per heavy atom. The highest BCUT2D eigenvalue weighted by atomic mass is 16.5. The van der Waals surface area contributed by atoms with Gasteiger partial charge in [0.1, 0.15) is 23.0 Å². The Morgan fingerprint density at radius 2 is 0.699 bits per heavy atom. The largest absolute Gasteiger partial charge is 0.497 e. The summed E-state index contributed by atoms with van der Waals surface area (Å²) < 4.78 is 27.6. The Labute approximate surface area is 425 Å². The van der Waals surface area contributed by atoms with Crippen molar-refractivity contribution in [2.24, 2.45) is 0 Å². The van der Waals surface area contributed by atoms with Gasteiger partial charge in [-0.3, -0.25) is 19.6 Å². The molecule has 0 bridgehead atoms. The van der Waals surface area contributed by atoms with Crippen LogP contribution in [-0.2, 0) is 35.7 Å². The number of amides is 4. The second-order valence-electron chi connectivity index (χ2n) is 17.6. The molecule has 0 spiro atoms. The maximum atomic E-state index is 16.0. The van der Waals surface area contributed by atoms with Crippen molar-refractivity contribution in [1.29, 1.82) is 0 Å². The zero-order valence-electron chi connectivity index (χ0n) is 41.3. The maximum Gasteiger partial charge on any atom is 0.358 e. The molecule has 6 aromatic rings. The second kappa shape index (κ2) is 19.5. The lowest BCUT2D eigenvalue weighted by Crippen LogP contribution is -2.71. The van der Waals surface area contributed by atoms with Crippen LogP contribution in [0.2, 0.25) is 0 Å². The number of rotatable bonds is 7. The van der Waals surface area contributed by atoms with E-state index >= 15 is 14.4 Å². The first-order valence-electron chi connectivity index (χ1n) is 23.9. The van der Waals surface area contributed by atoms with Crippen molar-refractivity contribution in [3.8, 4) is 70.4 Å². The molecule has 0 atom stereocenters. The summed E-state index contributed by atoms with van der Waals surface area (Å²) in [5.74, 6) is 28.9. The molecule has 2 fully saturated rings. The van der Waals surface area contributed by atoms with Crippen LogP contribution in [0.1, 0.15) is 87.0 Å². The average Bonchev–Trinajstić information content (AvgIpc) is 3.56.